The Kier molecular flexibility index (Phi) is 12.9. The smallest absolute Gasteiger partial charge is 0.191 e. The molecule has 0 amide bonds. The molecule has 0 spiro atoms. The number of hydrogen-bond donors (Lipinski definition) is 2. The number of nitrogens with one attached hydrogen (secondary N) is 2. The monoisotopic (exact) mass is 432 g/mol. The minimum Gasteiger partial charge on any atom is -0.375 e. The van der Waals surface area contributed by atoms with E-state index in [9.17, 15) is 0 Å². The molecule has 1 aromatic carbocycles. The van der Waals surface area contributed by atoms with E-state index in [4.69, 9.17) is 0 Å². The first-order valence-corrected chi connectivity index (χ1v) is 8.48. The zero-order valence-corrected chi connectivity index (χ0v) is 17.3. The van der Waals surface area contributed by atoms with Gasteiger partial charge in [-0.15, -0.1) is 24.0 Å². The molecule has 0 aliphatic rings. The molecule has 0 heterocycles. The highest BCUT2D eigenvalue weighted by Crippen LogP contribution is 2.11. The van der Waals surface area contributed by atoms with Crippen molar-refractivity contribution < 1.29 is 0 Å². The van der Waals surface area contributed by atoms with Gasteiger partial charge in [-0.1, -0.05) is 25.1 Å². The van der Waals surface area contributed by atoms with Gasteiger partial charge in [0.05, 0.1) is 0 Å². The predicted octanol–water partition coefficient (Wildman–Crippen LogP) is 3.87. The fourth-order valence-electron chi connectivity index (χ4n) is 2.12. The lowest BCUT2D eigenvalue weighted by atomic mass is 10.2. The SMILES string of the molecule is CCNC(=NCCCCN(C)c1ccccc1)NC(C)CC.I. The van der Waals surface area contributed by atoms with E-state index in [1.807, 2.05) is 0 Å². The van der Waals surface area contributed by atoms with Gasteiger partial charge in [0.25, 0.3) is 0 Å². The van der Waals surface area contributed by atoms with Crippen LogP contribution in [0.1, 0.15) is 40.0 Å². The highest BCUT2D eigenvalue weighted by Gasteiger charge is 2.02. The Morgan fingerprint density at radius 1 is 1.17 bits per heavy atom. The number of aliphatic imine (C=N–C) groups is 1. The van der Waals surface area contributed by atoms with Gasteiger partial charge < -0.3 is 15.5 Å². The van der Waals surface area contributed by atoms with Crippen LogP contribution >= 0.6 is 24.0 Å². The second kappa shape index (κ2) is 13.5. The molecule has 1 unspecified atom stereocenters. The molecule has 2 N–H and O–H groups in total. The molecule has 0 bridgehead atoms. The number of benzene rings is 1. The molecule has 132 valence electrons. The third-order valence-corrected chi connectivity index (χ3v) is 3.71. The Labute approximate surface area is 159 Å². The Balaban J connectivity index is 0.00000484. The van der Waals surface area contributed by atoms with Gasteiger partial charge in [0, 0.05) is 38.4 Å². The topological polar surface area (TPSA) is 39.7 Å². The molecule has 5 heteroatoms. The molecule has 1 rings (SSSR count). The Morgan fingerprint density at radius 3 is 2.48 bits per heavy atom. The number of anilines is 1. The van der Waals surface area contributed by atoms with E-state index in [1.54, 1.807) is 0 Å². The van der Waals surface area contributed by atoms with Crippen molar-refractivity contribution >= 4 is 35.6 Å². The molecule has 0 saturated heterocycles. The van der Waals surface area contributed by atoms with Crippen LogP contribution in [0.5, 0.6) is 0 Å². The lowest BCUT2D eigenvalue weighted by molar-refractivity contribution is 0.622. The summed E-state index contributed by atoms with van der Waals surface area (Å²) in [6.07, 6.45) is 3.36. The number of halogens is 1. The van der Waals surface area contributed by atoms with Crippen molar-refractivity contribution in [1.82, 2.24) is 10.6 Å². The van der Waals surface area contributed by atoms with Crippen LogP contribution in [0.2, 0.25) is 0 Å². The number of unbranched alkanes of at least 4 members (excludes halogenated alkanes) is 1. The molecular weight excluding hydrogens is 399 g/mol. The van der Waals surface area contributed by atoms with Gasteiger partial charge in [0.1, 0.15) is 0 Å². The van der Waals surface area contributed by atoms with Crippen molar-refractivity contribution in [3.63, 3.8) is 0 Å². The van der Waals surface area contributed by atoms with Gasteiger partial charge in [0.2, 0.25) is 0 Å². The van der Waals surface area contributed by atoms with E-state index in [1.165, 1.54) is 5.69 Å². The Bertz CT molecular complexity index is 422. The van der Waals surface area contributed by atoms with Crippen molar-refractivity contribution in [2.24, 2.45) is 4.99 Å². The molecule has 23 heavy (non-hydrogen) atoms. The predicted molar refractivity (Wildman–Crippen MR) is 113 cm³/mol. The summed E-state index contributed by atoms with van der Waals surface area (Å²) in [4.78, 5) is 6.94. The first kappa shape index (κ1) is 22.0. The summed E-state index contributed by atoms with van der Waals surface area (Å²) in [5.74, 6) is 0.938. The van der Waals surface area contributed by atoms with E-state index in [0.717, 1.165) is 44.9 Å². The van der Waals surface area contributed by atoms with E-state index in [2.05, 4.69) is 78.7 Å². The highest BCUT2D eigenvalue weighted by atomic mass is 127. The zero-order chi connectivity index (χ0) is 16.2. The van der Waals surface area contributed by atoms with E-state index in [0.29, 0.717) is 6.04 Å². The summed E-state index contributed by atoms with van der Waals surface area (Å²) >= 11 is 0. The fourth-order valence-corrected chi connectivity index (χ4v) is 2.12. The maximum atomic E-state index is 4.65. The number of nitrogens with zero attached hydrogens (tertiary/aromatic N) is 2. The number of guanidine groups is 1. The van der Waals surface area contributed by atoms with E-state index in [-0.39, 0.29) is 24.0 Å². The average molecular weight is 432 g/mol. The van der Waals surface area contributed by atoms with Crippen LogP contribution in [0, 0.1) is 0 Å². The molecule has 0 saturated carbocycles. The van der Waals surface area contributed by atoms with Crippen LogP contribution in [0.15, 0.2) is 35.3 Å². The molecule has 0 radical (unpaired) electrons. The fraction of sp³-hybridized carbons (Fsp3) is 0.611. The number of hydrogen-bond acceptors (Lipinski definition) is 2. The van der Waals surface area contributed by atoms with Gasteiger partial charge in [-0.25, -0.2) is 0 Å². The van der Waals surface area contributed by atoms with E-state index < -0.39 is 0 Å². The van der Waals surface area contributed by atoms with Crippen LogP contribution in [-0.4, -0.2) is 38.7 Å². The van der Waals surface area contributed by atoms with Crippen molar-refractivity contribution in [2.45, 2.75) is 46.1 Å². The van der Waals surface area contributed by atoms with Crippen molar-refractivity contribution in [3.05, 3.63) is 30.3 Å². The van der Waals surface area contributed by atoms with Crippen molar-refractivity contribution in [2.75, 3.05) is 31.6 Å². The molecule has 1 atom stereocenters. The number of rotatable bonds is 9. The second-order valence-corrected chi connectivity index (χ2v) is 5.68. The normalized spacial score (nSPS) is 12.3. The Morgan fingerprint density at radius 2 is 1.87 bits per heavy atom. The van der Waals surface area contributed by atoms with Gasteiger partial charge in [-0.3, -0.25) is 4.99 Å². The van der Waals surface area contributed by atoms with Crippen molar-refractivity contribution in [3.8, 4) is 0 Å². The van der Waals surface area contributed by atoms with Gasteiger partial charge in [0.15, 0.2) is 5.96 Å². The van der Waals surface area contributed by atoms with Gasteiger partial charge >= 0.3 is 0 Å². The third-order valence-electron chi connectivity index (χ3n) is 3.71. The number of para-hydroxylation sites is 1. The summed E-state index contributed by atoms with van der Waals surface area (Å²) in [6.45, 7) is 9.30. The highest BCUT2D eigenvalue weighted by molar-refractivity contribution is 14.0. The molecule has 4 nitrogen and oxygen atoms in total. The van der Waals surface area contributed by atoms with Crippen LogP contribution in [0.3, 0.4) is 0 Å². The van der Waals surface area contributed by atoms with Crippen LogP contribution < -0.4 is 15.5 Å². The summed E-state index contributed by atoms with van der Waals surface area (Å²) in [5, 5.41) is 6.72. The minimum atomic E-state index is 0. The quantitative estimate of drug-likeness (QED) is 0.269. The summed E-state index contributed by atoms with van der Waals surface area (Å²) < 4.78 is 0. The molecule has 1 aromatic rings. The van der Waals surface area contributed by atoms with Crippen LogP contribution in [0.25, 0.3) is 0 Å². The van der Waals surface area contributed by atoms with Crippen molar-refractivity contribution in [1.29, 1.82) is 0 Å². The molecule has 0 fully saturated rings. The minimum absolute atomic E-state index is 0. The molecular formula is C18H33IN4. The maximum absolute atomic E-state index is 4.65. The lowest BCUT2D eigenvalue weighted by Crippen LogP contribution is -2.42. The lowest BCUT2D eigenvalue weighted by Gasteiger charge is -2.19. The summed E-state index contributed by atoms with van der Waals surface area (Å²) in [5.41, 5.74) is 1.28. The third kappa shape index (κ3) is 9.69. The van der Waals surface area contributed by atoms with Crippen LogP contribution in [0.4, 0.5) is 5.69 Å². The second-order valence-electron chi connectivity index (χ2n) is 5.68. The molecule has 0 aromatic heterocycles. The maximum Gasteiger partial charge on any atom is 0.191 e. The van der Waals surface area contributed by atoms with E-state index >= 15 is 0 Å². The zero-order valence-electron chi connectivity index (χ0n) is 15.0. The standard InChI is InChI=1S/C18H32N4.HI/c1-5-16(3)21-18(19-6-2)20-14-10-11-15-22(4)17-12-8-7-9-13-17;/h7-9,12-13,16H,5-6,10-11,14-15H2,1-4H3,(H2,19,20,21);1H. The first-order valence-electron chi connectivity index (χ1n) is 8.48. The Hall–Kier alpha value is -0.980. The average Bonchev–Trinajstić information content (AvgIpc) is 2.55. The van der Waals surface area contributed by atoms with Gasteiger partial charge in [-0.2, -0.15) is 0 Å². The molecule has 0 aliphatic heterocycles. The van der Waals surface area contributed by atoms with Gasteiger partial charge in [-0.05, 0) is 45.2 Å². The first-order chi connectivity index (χ1) is 10.7. The largest absolute Gasteiger partial charge is 0.375 e. The summed E-state index contributed by atoms with van der Waals surface area (Å²) in [7, 11) is 2.15. The summed E-state index contributed by atoms with van der Waals surface area (Å²) in [6, 6.07) is 11.0. The van der Waals surface area contributed by atoms with Crippen LogP contribution in [-0.2, 0) is 0 Å². The molecule has 0 aliphatic carbocycles.